The molecule has 6 fully saturated rings. The fraction of sp³-hybridized carbons (Fsp3) is 1.00. The highest BCUT2D eigenvalue weighted by atomic mass is 127. The second kappa shape index (κ2) is 9.60. The molecule has 0 bridgehead atoms. The molecule has 2 heterocycles. The molecule has 0 amide bonds. The summed E-state index contributed by atoms with van der Waals surface area (Å²) in [5, 5.41) is 0. The highest BCUT2D eigenvalue weighted by molar-refractivity contribution is 5.10. The molecular formula is C29H52I2N2. The lowest BCUT2D eigenvalue weighted by molar-refractivity contribution is -0.928. The number of likely N-dealkylation sites (tertiary alicyclic amines) is 2. The quantitative estimate of drug-likeness (QED) is 0.290. The Labute approximate surface area is 239 Å². The van der Waals surface area contributed by atoms with Gasteiger partial charge >= 0.3 is 0 Å². The molecule has 4 saturated carbocycles. The maximum atomic E-state index is 2.79. The number of quaternary nitrogens is 2. The van der Waals surface area contributed by atoms with Crippen molar-refractivity contribution in [3.05, 3.63) is 0 Å². The molecular weight excluding hydrogens is 630 g/mol. The molecule has 4 heteroatoms. The van der Waals surface area contributed by atoms with E-state index in [9.17, 15) is 0 Å². The van der Waals surface area contributed by atoms with Gasteiger partial charge in [0.2, 0.25) is 0 Å². The van der Waals surface area contributed by atoms with Gasteiger partial charge in [-0.2, -0.15) is 0 Å². The molecule has 6 aliphatic rings. The van der Waals surface area contributed by atoms with Crippen LogP contribution in [0.5, 0.6) is 0 Å². The zero-order chi connectivity index (χ0) is 21.5. The fourth-order valence-corrected chi connectivity index (χ4v) is 11.6. The molecule has 0 aromatic heterocycles. The van der Waals surface area contributed by atoms with Crippen molar-refractivity contribution in [1.29, 1.82) is 0 Å². The van der Waals surface area contributed by atoms with Crippen molar-refractivity contribution in [2.75, 3.05) is 40.3 Å². The summed E-state index contributed by atoms with van der Waals surface area (Å²) >= 11 is 0. The van der Waals surface area contributed by atoms with Gasteiger partial charge in [0.15, 0.2) is 0 Å². The summed E-state index contributed by atoms with van der Waals surface area (Å²) in [6.07, 6.45) is 20.0. The highest BCUT2D eigenvalue weighted by Gasteiger charge is 2.64. The van der Waals surface area contributed by atoms with Crippen LogP contribution >= 0.6 is 0 Å². The minimum atomic E-state index is 0. The summed E-state index contributed by atoms with van der Waals surface area (Å²) in [5.41, 5.74) is 1.32. The molecule has 2 aliphatic heterocycles. The first-order chi connectivity index (χ1) is 14.8. The third kappa shape index (κ3) is 4.11. The van der Waals surface area contributed by atoms with Gasteiger partial charge < -0.3 is 56.9 Å². The third-order valence-corrected chi connectivity index (χ3v) is 13.4. The van der Waals surface area contributed by atoms with Crippen LogP contribution in [0.4, 0.5) is 0 Å². The SMILES string of the molecule is C[C@]12CCC3C(CC[C@H]4CC([N+]5(C)CCCC5)CC[C@]34C)C1CCC2[N+]1(C)CCCC1.[I-].[I-]. The second-order valence-electron chi connectivity index (χ2n) is 14.5. The van der Waals surface area contributed by atoms with Gasteiger partial charge in [0, 0.05) is 43.9 Å². The molecule has 0 N–H and O–H groups in total. The molecule has 4 aliphatic carbocycles. The molecule has 2 saturated heterocycles. The van der Waals surface area contributed by atoms with Crippen LogP contribution in [0.15, 0.2) is 0 Å². The maximum Gasteiger partial charge on any atom is 0.0945 e. The molecule has 192 valence electrons. The largest absolute Gasteiger partial charge is 1.00 e. The number of hydrogen-bond acceptors (Lipinski definition) is 0. The Hall–Kier alpha value is 1.38. The van der Waals surface area contributed by atoms with Crippen LogP contribution in [0.25, 0.3) is 0 Å². The van der Waals surface area contributed by atoms with E-state index in [1.165, 1.54) is 67.2 Å². The van der Waals surface area contributed by atoms with E-state index < -0.39 is 0 Å². The Morgan fingerprint density at radius 3 is 1.85 bits per heavy atom. The first kappa shape index (κ1) is 27.4. The van der Waals surface area contributed by atoms with Gasteiger partial charge in [-0.25, -0.2) is 0 Å². The average Bonchev–Trinajstić information content (AvgIpc) is 3.46. The molecule has 0 aromatic carbocycles. The van der Waals surface area contributed by atoms with Crippen LogP contribution in [0.1, 0.15) is 97.3 Å². The van der Waals surface area contributed by atoms with Gasteiger partial charge in [0.25, 0.3) is 0 Å². The van der Waals surface area contributed by atoms with Gasteiger partial charge in [-0.15, -0.1) is 0 Å². The monoisotopic (exact) mass is 682 g/mol. The van der Waals surface area contributed by atoms with Crippen LogP contribution < -0.4 is 48.0 Å². The van der Waals surface area contributed by atoms with Crippen LogP contribution in [0.3, 0.4) is 0 Å². The summed E-state index contributed by atoms with van der Waals surface area (Å²) in [7, 11) is 5.25. The fourth-order valence-electron chi connectivity index (χ4n) is 11.6. The predicted octanol–water partition coefficient (Wildman–Crippen LogP) is 0.255. The summed E-state index contributed by atoms with van der Waals surface area (Å²) in [4.78, 5) is 0. The van der Waals surface area contributed by atoms with E-state index in [1.807, 2.05) is 0 Å². The smallest absolute Gasteiger partial charge is 0.0945 e. The normalized spacial score (nSPS) is 49.8. The number of nitrogens with zero attached hydrogens (tertiary/aromatic N) is 2. The summed E-state index contributed by atoms with van der Waals surface area (Å²) in [6, 6.07) is 1.96. The van der Waals surface area contributed by atoms with E-state index in [2.05, 4.69) is 27.9 Å². The van der Waals surface area contributed by atoms with E-state index in [0.29, 0.717) is 10.8 Å². The maximum absolute atomic E-state index is 2.79. The van der Waals surface area contributed by atoms with Gasteiger partial charge in [-0.3, -0.25) is 0 Å². The van der Waals surface area contributed by atoms with Crippen molar-refractivity contribution >= 4 is 0 Å². The molecule has 6 rings (SSSR count). The van der Waals surface area contributed by atoms with Gasteiger partial charge in [0.05, 0.1) is 52.4 Å². The van der Waals surface area contributed by atoms with Crippen LogP contribution in [0.2, 0.25) is 0 Å². The van der Waals surface area contributed by atoms with Gasteiger partial charge in [-0.1, -0.05) is 13.8 Å². The molecule has 0 spiro atoms. The van der Waals surface area contributed by atoms with Crippen LogP contribution in [-0.4, -0.2) is 61.3 Å². The van der Waals surface area contributed by atoms with E-state index in [0.717, 1.165) is 35.8 Å². The molecule has 33 heavy (non-hydrogen) atoms. The van der Waals surface area contributed by atoms with E-state index in [-0.39, 0.29) is 48.0 Å². The number of halogens is 2. The molecule has 0 aromatic rings. The highest BCUT2D eigenvalue weighted by Crippen LogP contribution is 2.67. The Morgan fingerprint density at radius 1 is 0.606 bits per heavy atom. The Bertz CT molecular complexity index is 700. The topological polar surface area (TPSA) is 0 Å². The summed E-state index contributed by atoms with van der Waals surface area (Å²) in [6.45, 7) is 11.5. The minimum absolute atomic E-state index is 0. The van der Waals surface area contributed by atoms with E-state index >= 15 is 0 Å². The lowest BCUT2D eigenvalue weighted by Crippen LogP contribution is -3.00. The Kier molecular flexibility index (Phi) is 7.98. The predicted molar refractivity (Wildman–Crippen MR) is 130 cm³/mol. The number of hydrogen-bond donors (Lipinski definition) is 0. The second-order valence-corrected chi connectivity index (χ2v) is 14.5. The summed E-state index contributed by atoms with van der Waals surface area (Å²) < 4.78 is 2.86. The molecule has 0 radical (unpaired) electrons. The lowest BCUT2D eigenvalue weighted by Gasteiger charge is -2.62. The van der Waals surface area contributed by atoms with Crippen molar-refractivity contribution in [3.8, 4) is 0 Å². The van der Waals surface area contributed by atoms with Gasteiger partial charge in [0.1, 0.15) is 0 Å². The standard InChI is InChI=1S/C29H52N2.2HI/c1-28-15-13-23(30(3)17-5-6-18-30)21-22(28)9-10-24-25-11-12-27(31(4)19-7-8-20-31)29(25,2)16-14-26(24)28;;/h22-27H,5-21H2,1-4H3;2*1H/q+2;;/p-2/t22-,23?,24?,25?,26?,27?,28-,29-;;/m0../s1. The van der Waals surface area contributed by atoms with Gasteiger partial charge in [-0.05, 0) is 74.0 Å². The third-order valence-electron chi connectivity index (χ3n) is 13.4. The molecule has 8 atom stereocenters. The average molecular weight is 683 g/mol. The zero-order valence-electron chi connectivity index (χ0n) is 22.1. The van der Waals surface area contributed by atoms with Crippen molar-refractivity contribution < 1.29 is 56.9 Å². The minimum Gasteiger partial charge on any atom is -1.00 e. The number of rotatable bonds is 2. The first-order valence-corrected chi connectivity index (χ1v) is 14.5. The Morgan fingerprint density at radius 2 is 1.18 bits per heavy atom. The van der Waals surface area contributed by atoms with Crippen molar-refractivity contribution in [2.45, 2.75) is 109 Å². The first-order valence-electron chi connectivity index (χ1n) is 14.5. The molecule has 5 unspecified atom stereocenters. The Balaban J connectivity index is 0.00000130. The van der Waals surface area contributed by atoms with Crippen molar-refractivity contribution in [3.63, 3.8) is 0 Å². The van der Waals surface area contributed by atoms with Crippen molar-refractivity contribution in [2.24, 2.45) is 34.5 Å². The lowest BCUT2D eigenvalue weighted by atomic mass is 9.44. The summed E-state index contributed by atoms with van der Waals surface area (Å²) in [5.74, 6) is 4.20. The zero-order valence-corrected chi connectivity index (χ0v) is 26.5. The van der Waals surface area contributed by atoms with Crippen LogP contribution in [0, 0.1) is 34.5 Å². The number of fused-ring (bicyclic) bond motifs is 5. The van der Waals surface area contributed by atoms with E-state index in [1.54, 1.807) is 51.4 Å². The van der Waals surface area contributed by atoms with E-state index in [4.69, 9.17) is 0 Å². The molecule has 2 nitrogen and oxygen atoms in total. The van der Waals surface area contributed by atoms with Crippen molar-refractivity contribution in [1.82, 2.24) is 0 Å². The van der Waals surface area contributed by atoms with Crippen LogP contribution in [-0.2, 0) is 0 Å².